The highest BCUT2D eigenvalue weighted by Crippen LogP contribution is 2.30. The van der Waals surface area contributed by atoms with Gasteiger partial charge in [0.05, 0.1) is 5.56 Å². The van der Waals surface area contributed by atoms with Gasteiger partial charge in [-0.2, -0.15) is 18.4 Å². The fraction of sp³-hybridized carbons (Fsp3) is 0.400. The second-order valence-corrected chi connectivity index (χ2v) is 5.49. The Kier molecular flexibility index (Phi) is 3.94. The highest BCUT2D eigenvalue weighted by Gasteiger charge is 2.35. The summed E-state index contributed by atoms with van der Waals surface area (Å²) in [5.74, 6) is 1.14. The molecule has 0 spiro atoms. The maximum Gasteiger partial charge on any atom is 0.434 e. The van der Waals surface area contributed by atoms with E-state index in [9.17, 15) is 13.2 Å². The van der Waals surface area contributed by atoms with Crippen molar-refractivity contribution in [3.63, 3.8) is 0 Å². The molecule has 120 valence electrons. The Labute approximate surface area is 130 Å². The van der Waals surface area contributed by atoms with Crippen LogP contribution >= 0.6 is 0 Å². The van der Waals surface area contributed by atoms with Gasteiger partial charge in [-0.3, -0.25) is 0 Å². The minimum Gasteiger partial charge on any atom is -0.369 e. The molecule has 2 aromatic heterocycles. The Morgan fingerprint density at radius 3 is 3.00 bits per heavy atom. The van der Waals surface area contributed by atoms with Crippen LogP contribution in [-0.4, -0.2) is 21.1 Å². The molecule has 1 atom stereocenters. The topological polar surface area (TPSA) is 66.5 Å². The largest absolute Gasteiger partial charge is 0.434 e. The van der Waals surface area contributed by atoms with Crippen LogP contribution in [0.1, 0.15) is 23.5 Å². The fourth-order valence-electron chi connectivity index (χ4n) is 2.70. The van der Waals surface area contributed by atoms with Crippen molar-refractivity contribution >= 4 is 5.82 Å². The molecule has 8 heteroatoms. The maximum absolute atomic E-state index is 12.7. The molecule has 3 rings (SSSR count). The molecule has 2 aromatic rings. The van der Waals surface area contributed by atoms with Gasteiger partial charge < -0.3 is 9.88 Å². The van der Waals surface area contributed by atoms with Gasteiger partial charge in [0.1, 0.15) is 17.7 Å². The quantitative estimate of drug-likeness (QED) is 0.944. The summed E-state index contributed by atoms with van der Waals surface area (Å²) in [6.45, 7) is 1.02. The summed E-state index contributed by atoms with van der Waals surface area (Å²) in [5, 5.41) is 12.1. The lowest BCUT2D eigenvalue weighted by Gasteiger charge is -2.24. The van der Waals surface area contributed by atoms with Crippen LogP contribution in [0, 0.1) is 17.2 Å². The third-order valence-electron chi connectivity index (χ3n) is 3.87. The van der Waals surface area contributed by atoms with E-state index in [1.807, 2.05) is 0 Å². The van der Waals surface area contributed by atoms with Crippen LogP contribution in [-0.2, 0) is 19.1 Å². The summed E-state index contributed by atoms with van der Waals surface area (Å²) in [5.41, 5.74) is -0.386. The smallest absolute Gasteiger partial charge is 0.369 e. The van der Waals surface area contributed by atoms with Crippen molar-refractivity contribution in [3.8, 4) is 6.07 Å². The molecule has 0 aromatic carbocycles. The number of aryl methyl sites for hydroxylation is 1. The summed E-state index contributed by atoms with van der Waals surface area (Å²) in [6.07, 6.45) is -0.490. The SMILES string of the molecule is N#Cc1cccnc1NC[C@H]1CCc2nc(C(F)(F)F)cn2C1. The van der Waals surface area contributed by atoms with Crippen molar-refractivity contribution in [1.82, 2.24) is 14.5 Å². The Hall–Kier alpha value is -2.56. The molecule has 5 nitrogen and oxygen atoms in total. The summed E-state index contributed by atoms with van der Waals surface area (Å²) in [6, 6.07) is 5.40. The summed E-state index contributed by atoms with van der Waals surface area (Å²) in [7, 11) is 0. The van der Waals surface area contributed by atoms with E-state index in [-0.39, 0.29) is 5.92 Å². The molecule has 0 amide bonds. The van der Waals surface area contributed by atoms with Crippen LogP contribution in [0.15, 0.2) is 24.5 Å². The molecule has 0 aliphatic carbocycles. The number of hydrogen-bond donors (Lipinski definition) is 1. The summed E-state index contributed by atoms with van der Waals surface area (Å²) < 4.78 is 39.7. The first-order valence-corrected chi connectivity index (χ1v) is 7.19. The van der Waals surface area contributed by atoms with E-state index in [1.165, 1.54) is 0 Å². The molecule has 0 fully saturated rings. The molecule has 1 N–H and O–H groups in total. The fourth-order valence-corrected chi connectivity index (χ4v) is 2.70. The number of aromatic nitrogens is 3. The zero-order valence-electron chi connectivity index (χ0n) is 12.1. The molecule has 0 bridgehead atoms. The van der Waals surface area contributed by atoms with Crippen LogP contribution in [0.5, 0.6) is 0 Å². The lowest BCUT2D eigenvalue weighted by atomic mass is 9.99. The highest BCUT2D eigenvalue weighted by molar-refractivity contribution is 5.51. The van der Waals surface area contributed by atoms with Crippen LogP contribution < -0.4 is 5.32 Å². The first-order chi connectivity index (χ1) is 11.0. The number of anilines is 1. The number of pyridine rings is 1. The Bertz CT molecular complexity index is 744. The second kappa shape index (κ2) is 5.91. The maximum atomic E-state index is 12.7. The predicted octanol–water partition coefficient (Wildman–Crippen LogP) is 2.84. The highest BCUT2D eigenvalue weighted by atomic mass is 19.4. The molecule has 0 radical (unpaired) electrons. The van der Waals surface area contributed by atoms with Crippen LogP contribution in [0.3, 0.4) is 0 Å². The third-order valence-corrected chi connectivity index (χ3v) is 3.87. The van der Waals surface area contributed by atoms with Crippen LogP contribution in [0.4, 0.5) is 19.0 Å². The number of imidazole rings is 1. The molecule has 23 heavy (non-hydrogen) atoms. The van der Waals surface area contributed by atoms with Gasteiger partial charge in [0.15, 0.2) is 5.69 Å². The zero-order valence-corrected chi connectivity index (χ0v) is 12.1. The average molecular weight is 321 g/mol. The van der Waals surface area contributed by atoms with E-state index < -0.39 is 11.9 Å². The van der Waals surface area contributed by atoms with Crippen molar-refractivity contribution in [2.45, 2.75) is 25.6 Å². The standard InChI is InChI=1S/C15H14F3N5/c16-15(17,18)12-9-23-8-10(3-4-13(23)22-12)7-21-14-11(6-19)2-1-5-20-14/h1-2,5,9-10H,3-4,7-8H2,(H,20,21)/t10-/m1/s1. The minimum absolute atomic E-state index is 0.159. The van der Waals surface area contributed by atoms with Gasteiger partial charge >= 0.3 is 6.18 Å². The van der Waals surface area contributed by atoms with Crippen LogP contribution in [0.25, 0.3) is 0 Å². The van der Waals surface area contributed by atoms with E-state index >= 15 is 0 Å². The molecule has 0 saturated heterocycles. The van der Waals surface area contributed by atoms with Crippen molar-refractivity contribution in [2.75, 3.05) is 11.9 Å². The molecule has 0 unspecified atom stereocenters. The molecule has 1 aliphatic rings. The van der Waals surface area contributed by atoms with E-state index in [2.05, 4.69) is 21.4 Å². The van der Waals surface area contributed by atoms with Gasteiger partial charge in [-0.1, -0.05) is 0 Å². The number of fused-ring (bicyclic) bond motifs is 1. The number of alkyl halides is 3. The Morgan fingerprint density at radius 2 is 2.26 bits per heavy atom. The Balaban J connectivity index is 1.66. The number of nitrogens with zero attached hydrogens (tertiary/aromatic N) is 4. The molecule has 0 saturated carbocycles. The van der Waals surface area contributed by atoms with Crippen molar-refractivity contribution in [2.24, 2.45) is 5.92 Å². The molecular weight excluding hydrogens is 307 g/mol. The second-order valence-electron chi connectivity index (χ2n) is 5.49. The lowest BCUT2D eigenvalue weighted by molar-refractivity contribution is -0.141. The average Bonchev–Trinajstić information content (AvgIpc) is 2.96. The summed E-state index contributed by atoms with van der Waals surface area (Å²) in [4.78, 5) is 7.78. The minimum atomic E-state index is -4.41. The molecular formula is C15H14F3N5. The number of nitriles is 1. The van der Waals surface area contributed by atoms with Crippen LogP contribution in [0.2, 0.25) is 0 Å². The van der Waals surface area contributed by atoms with Crippen molar-refractivity contribution in [3.05, 3.63) is 41.6 Å². The van der Waals surface area contributed by atoms with Gasteiger partial charge in [0.25, 0.3) is 0 Å². The normalized spacial score (nSPS) is 17.4. The number of hydrogen-bond acceptors (Lipinski definition) is 4. The lowest BCUT2D eigenvalue weighted by Crippen LogP contribution is -2.26. The predicted molar refractivity (Wildman–Crippen MR) is 76.5 cm³/mol. The molecule has 3 heterocycles. The third kappa shape index (κ3) is 3.28. The Morgan fingerprint density at radius 1 is 1.43 bits per heavy atom. The summed E-state index contributed by atoms with van der Waals surface area (Å²) >= 11 is 0. The number of halogens is 3. The van der Waals surface area contributed by atoms with Crippen molar-refractivity contribution < 1.29 is 13.2 Å². The zero-order chi connectivity index (χ0) is 16.4. The van der Waals surface area contributed by atoms with Gasteiger partial charge in [-0.15, -0.1) is 0 Å². The number of rotatable bonds is 3. The van der Waals surface area contributed by atoms with E-state index in [1.54, 1.807) is 22.9 Å². The van der Waals surface area contributed by atoms with E-state index in [0.717, 1.165) is 12.6 Å². The van der Waals surface area contributed by atoms with Crippen molar-refractivity contribution in [1.29, 1.82) is 5.26 Å². The van der Waals surface area contributed by atoms with E-state index in [0.29, 0.717) is 36.7 Å². The molecule has 1 aliphatic heterocycles. The first kappa shape index (κ1) is 15.3. The van der Waals surface area contributed by atoms with E-state index in [4.69, 9.17) is 5.26 Å². The first-order valence-electron chi connectivity index (χ1n) is 7.19. The number of nitrogens with one attached hydrogen (secondary N) is 1. The van der Waals surface area contributed by atoms with Gasteiger partial charge in [0, 0.05) is 31.9 Å². The van der Waals surface area contributed by atoms with Gasteiger partial charge in [-0.25, -0.2) is 9.97 Å². The monoisotopic (exact) mass is 321 g/mol. The van der Waals surface area contributed by atoms with Gasteiger partial charge in [-0.05, 0) is 24.5 Å². The van der Waals surface area contributed by atoms with Gasteiger partial charge in [0.2, 0.25) is 0 Å².